The molecule has 122 valence electrons. The van der Waals surface area contributed by atoms with Gasteiger partial charge in [0, 0.05) is 12.1 Å². The summed E-state index contributed by atoms with van der Waals surface area (Å²) >= 11 is 0. The average Bonchev–Trinajstić information content (AvgIpc) is 2.98. The Hall–Kier alpha value is -1.98. The zero-order chi connectivity index (χ0) is 16.1. The van der Waals surface area contributed by atoms with Crippen LogP contribution in [0.15, 0.2) is 22.8 Å². The van der Waals surface area contributed by atoms with Crippen molar-refractivity contribution in [3.63, 3.8) is 0 Å². The van der Waals surface area contributed by atoms with Gasteiger partial charge < -0.3 is 19.7 Å². The SMILES string of the molecule is CC(C)N(Cc1ccco1)C(=O)NC1CCC(C(=O)O)CC1. The lowest BCUT2D eigenvalue weighted by Gasteiger charge is -2.31. The van der Waals surface area contributed by atoms with Crippen molar-refractivity contribution in [2.45, 2.75) is 58.2 Å². The Balaban J connectivity index is 1.88. The topological polar surface area (TPSA) is 82.8 Å². The second-order valence-electron chi connectivity index (χ2n) is 6.14. The van der Waals surface area contributed by atoms with Crippen molar-refractivity contribution in [2.75, 3.05) is 0 Å². The van der Waals surface area contributed by atoms with Gasteiger partial charge in [-0.1, -0.05) is 0 Å². The molecule has 1 saturated carbocycles. The molecule has 1 aromatic heterocycles. The maximum Gasteiger partial charge on any atom is 0.318 e. The number of nitrogens with one attached hydrogen (secondary N) is 1. The van der Waals surface area contributed by atoms with E-state index in [-0.39, 0.29) is 24.0 Å². The second kappa shape index (κ2) is 7.33. The number of rotatable bonds is 5. The van der Waals surface area contributed by atoms with Gasteiger partial charge in [-0.15, -0.1) is 0 Å². The highest BCUT2D eigenvalue weighted by molar-refractivity contribution is 5.75. The first-order chi connectivity index (χ1) is 10.5. The largest absolute Gasteiger partial charge is 0.481 e. The van der Waals surface area contributed by atoms with Gasteiger partial charge in [0.25, 0.3) is 0 Å². The number of nitrogens with zero attached hydrogens (tertiary/aromatic N) is 1. The summed E-state index contributed by atoms with van der Waals surface area (Å²) in [5.74, 6) is -0.248. The molecule has 0 unspecified atom stereocenters. The van der Waals surface area contributed by atoms with E-state index in [1.54, 1.807) is 17.2 Å². The maximum atomic E-state index is 12.5. The standard InChI is InChI=1S/C16H24N2O4/c1-11(2)18(10-14-4-3-9-22-14)16(21)17-13-7-5-12(6-8-13)15(19)20/h3-4,9,11-13H,5-8,10H2,1-2H3,(H,17,21)(H,19,20). The minimum atomic E-state index is -0.730. The Morgan fingerprint density at radius 3 is 2.55 bits per heavy atom. The first kappa shape index (κ1) is 16.4. The Morgan fingerprint density at radius 2 is 2.05 bits per heavy atom. The fraction of sp³-hybridized carbons (Fsp3) is 0.625. The van der Waals surface area contributed by atoms with Crippen LogP contribution >= 0.6 is 0 Å². The molecule has 0 aliphatic heterocycles. The molecule has 0 saturated heterocycles. The highest BCUT2D eigenvalue weighted by Gasteiger charge is 2.28. The van der Waals surface area contributed by atoms with Crippen molar-refractivity contribution in [2.24, 2.45) is 5.92 Å². The summed E-state index contributed by atoms with van der Waals surface area (Å²) in [5.41, 5.74) is 0. The third-order valence-corrected chi connectivity index (χ3v) is 4.19. The number of furan rings is 1. The minimum absolute atomic E-state index is 0.0560. The Bertz CT molecular complexity index is 490. The molecule has 6 heteroatoms. The molecule has 1 aliphatic rings. The van der Waals surface area contributed by atoms with E-state index in [2.05, 4.69) is 5.32 Å². The number of urea groups is 1. The molecule has 0 aromatic carbocycles. The zero-order valence-electron chi connectivity index (χ0n) is 13.1. The normalized spacial score (nSPS) is 21.6. The predicted molar refractivity (Wildman–Crippen MR) is 81.3 cm³/mol. The number of amides is 2. The van der Waals surface area contributed by atoms with E-state index in [1.165, 1.54) is 0 Å². The molecule has 1 heterocycles. The molecule has 1 aromatic rings. The summed E-state index contributed by atoms with van der Waals surface area (Å²) in [7, 11) is 0. The fourth-order valence-electron chi connectivity index (χ4n) is 2.80. The maximum absolute atomic E-state index is 12.5. The van der Waals surface area contributed by atoms with Gasteiger partial charge in [0.2, 0.25) is 0 Å². The molecule has 1 aliphatic carbocycles. The number of carboxylic acids is 1. The molecule has 22 heavy (non-hydrogen) atoms. The first-order valence-corrected chi connectivity index (χ1v) is 7.79. The number of carbonyl (C=O) groups is 2. The quantitative estimate of drug-likeness (QED) is 0.876. The Morgan fingerprint density at radius 1 is 1.36 bits per heavy atom. The van der Waals surface area contributed by atoms with Crippen molar-refractivity contribution in [1.82, 2.24) is 10.2 Å². The van der Waals surface area contributed by atoms with Gasteiger partial charge in [0.1, 0.15) is 5.76 Å². The molecule has 0 radical (unpaired) electrons. The molecular weight excluding hydrogens is 284 g/mol. The number of hydrogen-bond donors (Lipinski definition) is 2. The van der Waals surface area contributed by atoms with Crippen LogP contribution in [0, 0.1) is 5.92 Å². The summed E-state index contributed by atoms with van der Waals surface area (Å²) in [4.78, 5) is 25.1. The van der Waals surface area contributed by atoms with Crippen molar-refractivity contribution in [1.29, 1.82) is 0 Å². The number of carboxylic acid groups (broad SMARTS) is 1. The van der Waals surface area contributed by atoms with Gasteiger partial charge in [-0.2, -0.15) is 0 Å². The zero-order valence-corrected chi connectivity index (χ0v) is 13.1. The lowest BCUT2D eigenvalue weighted by atomic mass is 9.86. The van der Waals surface area contributed by atoms with Crippen molar-refractivity contribution in [3.05, 3.63) is 24.2 Å². The number of carbonyl (C=O) groups excluding carboxylic acids is 1. The highest BCUT2D eigenvalue weighted by atomic mass is 16.4. The van der Waals surface area contributed by atoms with E-state index >= 15 is 0 Å². The number of aliphatic carboxylic acids is 1. The van der Waals surface area contributed by atoms with Gasteiger partial charge in [-0.25, -0.2) is 4.79 Å². The van der Waals surface area contributed by atoms with Crippen molar-refractivity contribution < 1.29 is 19.1 Å². The summed E-state index contributed by atoms with van der Waals surface area (Å²) in [6.45, 7) is 4.36. The van der Waals surface area contributed by atoms with Crippen LogP contribution in [-0.2, 0) is 11.3 Å². The Labute approximate surface area is 130 Å². The second-order valence-corrected chi connectivity index (χ2v) is 6.14. The average molecular weight is 308 g/mol. The van der Waals surface area contributed by atoms with Crippen molar-refractivity contribution >= 4 is 12.0 Å². The third-order valence-electron chi connectivity index (χ3n) is 4.19. The molecule has 2 rings (SSSR count). The highest BCUT2D eigenvalue weighted by Crippen LogP contribution is 2.24. The summed E-state index contributed by atoms with van der Waals surface area (Å²) in [6.07, 6.45) is 4.28. The predicted octanol–water partition coefficient (Wildman–Crippen LogP) is 2.84. The molecule has 0 bridgehead atoms. The number of hydrogen-bond acceptors (Lipinski definition) is 3. The molecular formula is C16H24N2O4. The third kappa shape index (κ3) is 4.26. The van der Waals surface area contributed by atoms with Crippen LogP contribution in [0.1, 0.15) is 45.3 Å². The molecule has 6 nitrogen and oxygen atoms in total. The van der Waals surface area contributed by atoms with Crippen LogP contribution in [0.3, 0.4) is 0 Å². The van der Waals surface area contributed by atoms with Gasteiger partial charge in [0.05, 0.1) is 18.7 Å². The summed E-state index contributed by atoms with van der Waals surface area (Å²) in [5, 5.41) is 12.0. The molecule has 2 N–H and O–H groups in total. The molecule has 0 atom stereocenters. The van der Waals surface area contributed by atoms with Gasteiger partial charge in [0.15, 0.2) is 0 Å². The first-order valence-electron chi connectivity index (χ1n) is 7.79. The van der Waals surface area contributed by atoms with E-state index in [4.69, 9.17) is 9.52 Å². The lowest BCUT2D eigenvalue weighted by molar-refractivity contribution is -0.142. The van der Waals surface area contributed by atoms with E-state index in [9.17, 15) is 9.59 Å². The Kier molecular flexibility index (Phi) is 5.46. The van der Waals surface area contributed by atoms with Crippen LogP contribution < -0.4 is 5.32 Å². The summed E-state index contributed by atoms with van der Waals surface area (Å²) < 4.78 is 5.31. The van der Waals surface area contributed by atoms with Crippen LogP contribution in [0.25, 0.3) is 0 Å². The monoisotopic (exact) mass is 308 g/mol. The lowest BCUT2D eigenvalue weighted by Crippen LogP contribution is -2.48. The van der Waals surface area contributed by atoms with Crippen molar-refractivity contribution in [3.8, 4) is 0 Å². The van der Waals surface area contributed by atoms with Gasteiger partial charge >= 0.3 is 12.0 Å². The molecule has 2 amide bonds. The van der Waals surface area contributed by atoms with Crippen LogP contribution in [0.5, 0.6) is 0 Å². The van der Waals surface area contributed by atoms with E-state index in [0.29, 0.717) is 19.4 Å². The smallest absolute Gasteiger partial charge is 0.318 e. The van der Waals surface area contributed by atoms with Gasteiger partial charge in [-0.3, -0.25) is 4.79 Å². The van der Waals surface area contributed by atoms with Crippen LogP contribution in [-0.4, -0.2) is 34.1 Å². The van der Waals surface area contributed by atoms with Gasteiger partial charge in [-0.05, 0) is 51.7 Å². The fourth-order valence-corrected chi connectivity index (χ4v) is 2.80. The van der Waals surface area contributed by atoms with E-state index < -0.39 is 5.97 Å². The summed E-state index contributed by atoms with van der Waals surface area (Å²) in [6, 6.07) is 3.64. The molecule has 1 fully saturated rings. The van der Waals surface area contributed by atoms with Crippen LogP contribution in [0.2, 0.25) is 0 Å². The van der Waals surface area contributed by atoms with Crippen LogP contribution in [0.4, 0.5) is 4.79 Å². The van der Waals surface area contributed by atoms with E-state index in [0.717, 1.165) is 18.6 Å². The minimum Gasteiger partial charge on any atom is -0.481 e. The molecule has 0 spiro atoms. The van der Waals surface area contributed by atoms with E-state index in [1.807, 2.05) is 19.9 Å².